The van der Waals surface area contributed by atoms with Crippen LogP contribution in [0.4, 0.5) is 0 Å². The monoisotopic (exact) mass is 218 g/mol. The SMILES string of the molecule is CCCN1C(N)=NCC1c1ccc(C)nc1. The van der Waals surface area contributed by atoms with E-state index in [1.54, 1.807) is 0 Å². The molecule has 0 fully saturated rings. The fourth-order valence-corrected chi connectivity index (χ4v) is 2.00. The topological polar surface area (TPSA) is 54.5 Å². The van der Waals surface area contributed by atoms with Crippen molar-refractivity contribution >= 4 is 5.96 Å². The molecule has 1 aliphatic rings. The van der Waals surface area contributed by atoms with E-state index in [0.717, 1.165) is 25.2 Å². The smallest absolute Gasteiger partial charge is 0.191 e. The van der Waals surface area contributed by atoms with Crippen LogP contribution in [0.1, 0.15) is 30.6 Å². The van der Waals surface area contributed by atoms with Crippen molar-refractivity contribution in [3.8, 4) is 0 Å². The molecule has 1 atom stereocenters. The predicted molar refractivity (Wildman–Crippen MR) is 65.2 cm³/mol. The van der Waals surface area contributed by atoms with Crippen molar-refractivity contribution in [2.45, 2.75) is 26.3 Å². The molecule has 2 rings (SSSR count). The Bertz CT molecular complexity index is 383. The maximum absolute atomic E-state index is 5.88. The van der Waals surface area contributed by atoms with Crippen LogP contribution < -0.4 is 5.73 Å². The van der Waals surface area contributed by atoms with Gasteiger partial charge in [-0.2, -0.15) is 0 Å². The van der Waals surface area contributed by atoms with Gasteiger partial charge in [0, 0.05) is 18.4 Å². The standard InChI is InChI=1S/C12H18N4/c1-3-6-16-11(8-15-12(16)13)10-5-4-9(2)14-7-10/h4-5,7,11H,3,6,8H2,1-2H3,(H2,13,15). The molecule has 1 aromatic rings. The molecule has 0 aromatic carbocycles. The Morgan fingerprint density at radius 1 is 1.50 bits per heavy atom. The molecule has 0 radical (unpaired) electrons. The average molecular weight is 218 g/mol. The van der Waals surface area contributed by atoms with Gasteiger partial charge in [-0.05, 0) is 25.0 Å². The molecule has 0 saturated heterocycles. The van der Waals surface area contributed by atoms with Gasteiger partial charge >= 0.3 is 0 Å². The van der Waals surface area contributed by atoms with Gasteiger partial charge in [0.05, 0.1) is 12.6 Å². The number of pyridine rings is 1. The van der Waals surface area contributed by atoms with Crippen LogP contribution in [0.25, 0.3) is 0 Å². The quantitative estimate of drug-likeness (QED) is 0.836. The molecule has 4 heteroatoms. The predicted octanol–water partition coefficient (Wildman–Crippen LogP) is 1.47. The maximum Gasteiger partial charge on any atom is 0.191 e. The van der Waals surface area contributed by atoms with Crippen LogP contribution in [0.5, 0.6) is 0 Å². The van der Waals surface area contributed by atoms with Gasteiger partial charge in [0.25, 0.3) is 0 Å². The van der Waals surface area contributed by atoms with Gasteiger partial charge in [0.2, 0.25) is 0 Å². The number of rotatable bonds is 3. The van der Waals surface area contributed by atoms with Gasteiger partial charge in [0.1, 0.15) is 0 Å². The molecule has 4 nitrogen and oxygen atoms in total. The summed E-state index contributed by atoms with van der Waals surface area (Å²) in [5.41, 5.74) is 8.12. The molecule has 1 unspecified atom stereocenters. The second kappa shape index (κ2) is 4.51. The van der Waals surface area contributed by atoms with E-state index in [1.165, 1.54) is 5.56 Å². The van der Waals surface area contributed by atoms with Crippen molar-refractivity contribution in [1.82, 2.24) is 9.88 Å². The molecule has 0 amide bonds. The van der Waals surface area contributed by atoms with Crippen molar-refractivity contribution in [3.63, 3.8) is 0 Å². The highest BCUT2D eigenvalue weighted by Gasteiger charge is 2.26. The molecule has 0 bridgehead atoms. The van der Waals surface area contributed by atoms with E-state index >= 15 is 0 Å². The number of hydrogen-bond donors (Lipinski definition) is 1. The lowest BCUT2D eigenvalue weighted by Gasteiger charge is -2.25. The van der Waals surface area contributed by atoms with E-state index in [9.17, 15) is 0 Å². The van der Waals surface area contributed by atoms with E-state index in [2.05, 4.69) is 27.9 Å². The van der Waals surface area contributed by atoms with E-state index in [0.29, 0.717) is 5.96 Å². The number of aromatic nitrogens is 1. The lowest BCUT2D eigenvalue weighted by atomic mass is 10.1. The number of nitrogens with zero attached hydrogens (tertiary/aromatic N) is 3. The van der Waals surface area contributed by atoms with Gasteiger partial charge in [-0.3, -0.25) is 9.98 Å². The summed E-state index contributed by atoms with van der Waals surface area (Å²) in [7, 11) is 0. The zero-order valence-corrected chi connectivity index (χ0v) is 9.85. The van der Waals surface area contributed by atoms with Crippen molar-refractivity contribution < 1.29 is 0 Å². The third-order valence-electron chi connectivity index (χ3n) is 2.88. The Morgan fingerprint density at radius 2 is 2.31 bits per heavy atom. The average Bonchev–Trinajstić information content (AvgIpc) is 2.63. The maximum atomic E-state index is 5.88. The molecule has 1 aromatic heterocycles. The highest BCUT2D eigenvalue weighted by molar-refractivity contribution is 5.80. The van der Waals surface area contributed by atoms with E-state index in [1.807, 2.05) is 19.2 Å². The van der Waals surface area contributed by atoms with E-state index < -0.39 is 0 Å². The zero-order valence-electron chi connectivity index (χ0n) is 9.85. The Balaban J connectivity index is 2.18. The van der Waals surface area contributed by atoms with Crippen molar-refractivity contribution in [2.24, 2.45) is 10.7 Å². The van der Waals surface area contributed by atoms with E-state index in [4.69, 9.17) is 5.73 Å². The summed E-state index contributed by atoms with van der Waals surface area (Å²) in [5, 5.41) is 0. The lowest BCUT2D eigenvalue weighted by molar-refractivity contribution is 0.347. The summed E-state index contributed by atoms with van der Waals surface area (Å²) in [6, 6.07) is 4.42. The van der Waals surface area contributed by atoms with Crippen LogP contribution in [0.2, 0.25) is 0 Å². The van der Waals surface area contributed by atoms with Crippen LogP contribution in [0.15, 0.2) is 23.3 Å². The van der Waals surface area contributed by atoms with Crippen molar-refractivity contribution in [1.29, 1.82) is 0 Å². The third-order valence-corrected chi connectivity index (χ3v) is 2.88. The molecular formula is C12H18N4. The summed E-state index contributed by atoms with van der Waals surface area (Å²) in [6.45, 7) is 5.84. The highest BCUT2D eigenvalue weighted by atomic mass is 15.3. The van der Waals surface area contributed by atoms with Crippen LogP contribution in [0, 0.1) is 6.92 Å². The minimum Gasteiger partial charge on any atom is -0.370 e. The Labute approximate surface area is 96.2 Å². The van der Waals surface area contributed by atoms with Crippen molar-refractivity contribution in [3.05, 3.63) is 29.6 Å². The van der Waals surface area contributed by atoms with Gasteiger partial charge < -0.3 is 10.6 Å². The summed E-state index contributed by atoms with van der Waals surface area (Å²) in [5.74, 6) is 0.660. The number of hydrogen-bond acceptors (Lipinski definition) is 4. The van der Waals surface area contributed by atoms with Crippen molar-refractivity contribution in [2.75, 3.05) is 13.1 Å². The largest absolute Gasteiger partial charge is 0.370 e. The molecule has 16 heavy (non-hydrogen) atoms. The zero-order chi connectivity index (χ0) is 11.5. The van der Waals surface area contributed by atoms with Crippen LogP contribution in [-0.2, 0) is 0 Å². The molecular weight excluding hydrogens is 200 g/mol. The summed E-state index contributed by atoms with van der Waals surface area (Å²) in [4.78, 5) is 10.8. The molecule has 86 valence electrons. The fourth-order valence-electron chi connectivity index (χ4n) is 2.00. The lowest BCUT2D eigenvalue weighted by Crippen LogP contribution is -2.36. The van der Waals surface area contributed by atoms with E-state index in [-0.39, 0.29) is 6.04 Å². The Morgan fingerprint density at radius 3 is 2.94 bits per heavy atom. The van der Waals surface area contributed by atoms with Crippen LogP contribution >= 0.6 is 0 Å². The van der Waals surface area contributed by atoms with Gasteiger partial charge in [0.15, 0.2) is 5.96 Å². The summed E-state index contributed by atoms with van der Waals surface area (Å²) in [6.07, 6.45) is 3.00. The van der Waals surface area contributed by atoms with Crippen LogP contribution in [-0.4, -0.2) is 28.9 Å². The Kier molecular flexibility index (Phi) is 3.08. The molecule has 0 spiro atoms. The highest BCUT2D eigenvalue weighted by Crippen LogP contribution is 2.24. The molecule has 2 N–H and O–H groups in total. The number of nitrogens with two attached hydrogens (primary N) is 1. The van der Waals surface area contributed by atoms with Crippen LogP contribution in [0.3, 0.4) is 0 Å². The molecule has 2 heterocycles. The number of aryl methyl sites for hydroxylation is 1. The first-order valence-corrected chi connectivity index (χ1v) is 5.71. The van der Waals surface area contributed by atoms with Gasteiger partial charge in [-0.25, -0.2) is 0 Å². The molecule has 0 aliphatic carbocycles. The second-order valence-corrected chi connectivity index (χ2v) is 4.14. The molecule has 0 saturated carbocycles. The van der Waals surface area contributed by atoms with Gasteiger partial charge in [-0.15, -0.1) is 0 Å². The second-order valence-electron chi connectivity index (χ2n) is 4.14. The third kappa shape index (κ3) is 2.01. The first-order valence-electron chi connectivity index (χ1n) is 5.71. The number of aliphatic imine (C=N–C) groups is 1. The minimum absolute atomic E-state index is 0.271. The first kappa shape index (κ1) is 10.9. The minimum atomic E-state index is 0.271. The Hall–Kier alpha value is -1.58. The normalized spacial score (nSPS) is 20.0. The fraction of sp³-hybridized carbons (Fsp3) is 0.500. The molecule has 1 aliphatic heterocycles. The summed E-state index contributed by atoms with van der Waals surface area (Å²) >= 11 is 0. The summed E-state index contributed by atoms with van der Waals surface area (Å²) < 4.78 is 0. The van der Waals surface area contributed by atoms with Gasteiger partial charge in [-0.1, -0.05) is 13.0 Å². The number of guanidine groups is 1. The first-order chi connectivity index (χ1) is 7.72.